The molecule has 0 saturated carbocycles. The molecule has 2 aromatic carbocycles. The third-order valence-electron chi connectivity index (χ3n) is 3.92. The van der Waals surface area contributed by atoms with Gasteiger partial charge in [-0.05, 0) is 24.6 Å². The molecular formula is C19H21N3O4. The lowest BCUT2D eigenvalue weighted by Crippen LogP contribution is -2.34. The first kappa shape index (κ1) is 19.1. The highest BCUT2D eigenvalue weighted by Crippen LogP contribution is 2.12. The number of hydrogen-bond acceptors (Lipinski definition) is 4. The van der Waals surface area contributed by atoms with Crippen LogP contribution in [0.1, 0.15) is 29.3 Å². The predicted molar refractivity (Wildman–Crippen MR) is 97.6 cm³/mol. The highest BCUT2D eigenvalue weighted by atomic mass is 16.6. The fourth-order valence-corrected chi connectivity index (χ4v) is 2.46. The average Bonchev–Trinajstić information content (AvgIpc) is 2.66. The van der Waals surface area contributed by atoms with Crippen LogP contribution in [0.25, 0.3) is 0 Å². The number of nitro groups is 1. The van der Waals surface area contributed by atoms with Gasteiger partial charge in [-0.15, -0.1) is 0 Å². The van der Waals surface area contributed by atoms with E-state index in [1.54, 1.807) is 4.90 Å². The molecule has 0 radical (unpaired) electrons. The van der Waals surface area contributed by atoms with Gasteiger partial charge < -0.3 is 10.2 Å². The third kappa shape index (κ3) is 5.41. The first-order valence-corrected chi connectivity index (χ1v) is 8.35. The molecule has 2 rings (SSSR count). The van der Waals surface area contributed by atoms with Crippen molar-refractivity contribution >= 4 is 17.5 Å². The Morgan fingerprint density at radius 3 is 2.31 bits per heavy atom. The highest BCUT2D eigenvalue weighted by molar-refractivity contribution is 5.94. The van der Waals surface area contributed by atoms with Crippen LogP contribution >= 0.6 is 0 Å². The maximum atomic E-state index is 12.3. The minimum atomic E-state index is -0.521. The Balaban J connectivity index is 1.82. The van der Waals surface area contributed by atoms with Crippen molar-refractivity contribution in [2.24, 2.45) is 0 Å². The van der Waals surface area contributed by atoms with Gasteiger partial charge >= 0.3 is 0 Å². The molecule has 2 amide bonds. The van der Waals surface area contributed by atoms with E-state index < -0.39 is 4.92 Å². The molecule has 0 aliphatic rings. The number of non-ortho nitro benzene ring substituents is 1. The summed E-state index contributed by atoms with van der Waals surface area (Å²) in [5.74, 6) is -0.404. The summed E-state index contributed by atoms with van der Waals surface area (Å²) < 4.78 is 0. The van der Waals surface area contributed by atoms with E-state index in [4.69, 9.17) is 0 Å². The van der Waals surface area contributed by atoms with E-state index in [0.29, 0.717) is 18.7 Å². The average molecular weight is 355 g/mol. The number of hydrogen-bond donors (Lipinski definition) is 1. The van der Waals surface area contributed by atoms with Crippen molar-refractivity contribution < 1.29 is 14.5 Å². The molecule has 0 spiro atoms. The summed E-state index contributed by atoms with van der Waals surface area (Å²) in [6.45, 7) is 3.24. The van der Waals surface area contributed by atoms with E-state index >= 15 is 0 Å². The molecule has 0 aliphatic heterocycles. The number of nitrogens with zero attached hydrogens (tertiary/aromatic N) is 2. The second kappa shape index (κ2) is 9.31. The summed E-state index contributed by atoms with van der Waals surface area (Å²) in [5, 5.41) is 13.3. The summed E-state index contributed by atoms with van der Waals surface area (Å²) in [4.78, 5) is 36.2. The fourth-order valence-electron chi connectivity index (χ4n) is 2.46. The molecule has 7 nitrogen and oxygen atoms in total. The minimum absolute atomic E-state index is 0.0413. The molecule has 0 heterocycles. The van der Waals surface area contributed by atoms with Gasteiger partial charge in [0.15, 0.2) is 0 Å². The van der Waals surface area contributed by atoms with Crippen LogP contribution in [0, 0.1) is 10.1 Å². The van der Waals surface area contributed by atoms with E-state index in [1.807, 2.05) is 37.3 Å². The summed E-state index contributed by atoms with van der Waals surface area (Å²) >= 11 is 0. The first-order chi connectivity index (χ1) is 12.5. The second-order valence-corrected chi connectivity index (χ2v) is 5.70. The Labute approximate surface area is 151 Å². The Bertz CT molecular complexity index is 760. The molecule has 136 valence electrons. The van der Waals surface area contributed by atoms with Gasteiger partial charge in [0, 0.05) is 43.8 Å². The molecule has 2 aromatic rings. The van der Waals surface area contributed by atoms with Crippen molar-refractivity contribution in [2.75, 3.05) is 13.1 Å². The number of rotatable bonds is 8. The number of carbonyl (C=O) groups excluding carboxylic acids is 2. The van der Waals surface area contributed by atoms with Crippen molar-refractivity contribution in [3.8, 4) is 0 Å². The molecule has 0 atom stereocenters. The van der Waals surface area contributed by atoms with Gasteiger partial charge in [0.2, 0.25) is 5.91 Å². The molecular weight excluding hydrogens is 334 g/mol. The van der Waals surface area contributed by atoms with Gasteiger partial charge in [-0.2, -0.15) is 0 Å². The smallest absolute Gasteiger partial charge is 0.269 e. The Morgan fingerprint density at radius 1 is 1.08 bits per heavy atom. The van der Waals surface area contributed by atoms with Gasteiger partial charge in [-0.25, -0.2) is 0 Å². The Morgan fingerprint density at radius 2 is 1.73 bits per heavy atom. The molecule has 0 fully saturated rings. The zero-order valence-corrected chi connectivity index (χ0v) is 14.6. The second-order valence-electron chi connectivity index (χ2n) is 5.70. The van der Waals surface area contributed by atoms with Crippen LogP contribution in [0.3, 0.4) is 0 Å². The lowest BCUT2D eigenvalue weighted by atomic mass is 10.2. The van der Waals surface area contributed by atoms with Crippen LogP contribution in [0.5, 0.6) is 0 Å². The van der Waals surface area contributed by atoms with Crippen LogP contribution in [0.4, 0.5) is 5.69 Å². The number of benzene rings is 2. The van der Waals surface area contributed by atoms with Crippen LogP contribution < -0.4 is 5.32 Å². The molecule has 1 N–H and O–H groups in total. The molecule has 7 heteroatoms. The first-order valence-electron chi connectivity index (χ1n) is 8.35. The third-order valence-corrected chi connectivity index (χ3v) is 3.92. The predicted octanol–water partition coefficient (Wildman–Crippen LogP) is 2.76. The number of amides is 2. The maximum absolute atomic E-state index is 12.3. The monoisotopic (exact) mass is 355 g/mol. The molecule has 0 saturated heterocycles. The van der Waals surface area contributed by atoms with E-state index in [9.17, 15) is 19.7 Å². The topological polar surface area (TPSA) is 92.6 Å². The molecule has 0 aliphatic carbocycles. The van der Waals surface area contributed by atoms with Crippen molar-refractivity contribution in [2.45, 2.75) is 19.9 Å². The fraction of sp³-hybridized carbons (Fsp3) is 0.263. The van der Waals surface area contributed by atoms with Crippen LogP contribution in [0.15, 0.2) is 54.6 Å². The molecule has 26 heavy (non-hydrogen) atoms. The number of nitro benzene ring substituents is 1. The van der Waals surface area contributed by atoms with Crippen molar-refractivity contribution in [1.82, 2.24) is 10.2 Å². The lowest BCUT2D eigenvalue weighted by Gasteiger charge is -2.21. The van der Waals surface area contributed by atoms with E-state index in [1.165, 1.54) is 24.3 Å². The number of carbonyl (C=O) groups is 2. The Kier molecular flexibility index (Phi) is 6.84. The van der Waals surface area contributed by atoms with Gasteiger partial charge in [-0.1, -0.05) is 30.3 Å². The molecule has 0 bridgehead atoms. The SMILES string of the molecule is CCN(Cc1ccccc1)C(=O)CCNC(=O)c1ccc([N+](=O)[O-])cc1. The highest BCUT2D eigenvalue weighted by Gasteiger charge is 2.13. The summed E-state index contributed by atoms with van der Waals surface area (Å²) in [5.41, 5.74) is 1.30. The minimum Gasteiger partial charge on any atom is -0.352 e. The van der Waals surface area contributed by atoms with Crippen LogP contribution in [-0.4, -0.2) is 34.7 Å². The zero-order valence-electron chi connectivity index (χ0n) is 14.6. The van der Waals surface area contributed by atoms with Gasteiger partial charge in [0.1, 0.15) is 0 Å². The van der Waals surface area contributed by atoms with Gasteiger partial charge in [0.25, 0.3) is 11.6 Å². The summed E-state index contributed by atoms with van der Waals surface area (Å²) in [6, 6.07) is 15.0. The molecule has 0 unspecified atom stereocenters. The Hall–Kier alpha value is -3.22. The lowest BCUT2D eigenvalue weighted by molar-refractivity contribution is -0.384. The van der Waals surface area contributed by atoms with Crippen LogP contribution in [0.2, 0.25) is 0 Å². The largest absolute Gasteiger partial charge is 0.352 e. The van der Waals surface area contributed by atoms with Gasteiger partial charge in [0.05, 0.1) is 4.92 Å². The molecule has 0 aromatic heterocycles. The quantitative estimate of drug-likeness (QED) is 0.582. The van der Waals surface area contributed by atoms with E-state index in [2.05, 4.69) is 5.32 Å². The van der Waals surface area contributed by atoms with Crippen molar-refractivity contribution in [3.05, 3.63) is 75.8 Å². The van der Waals surface area contributed by atoms with E-state index in [0.717, 1.165) is 5.56 Å². The van der Waals surface area contributed by atoms with Crippen molar-refractivity contribution in [1.29, 1.82) is 0 Å². The van der Waals surface area contributed by atoms with Crippen LogP contribution in [-0.2, 0) is 11.3 Å². The summed E-state index contributed by atoms with van der Waals surface area (Å²) in [6.07, 6.45) is 0.194. The number of nitrogens with one attached hydrogen (secondary N) is 1. The van der Waals surface area contributed by atoms with E-state index in [-0.39, 0.29) is 30.5 Å². The maximum Gasteiger partial charge on any atom is 0.269 e. The normalized spacial score (nSPS) is 10.2. The van der Waals surface area contributed by atoms with Gasteiger partial charge in [-0.3, -0.25) is 19.7 Å². The standard InChI is InChI=1S/C19H21N3O4/c1-2-21(14-15-6-4-3-5-7-15)18(23)12-13-20-19(24)16-8-10-17(11-9-16)22(25)26/h3-11H,2,12-14H2,1H3,(H,20,24). The van der Waals surface area contributed by atoms with Crippen molar-refractivity contribution in [3.63, 3.8) is 0 Å². The summed E-state index contributed by atoms with van der Waals surface area (Å²) in [7, 11) is 0. The zero-order chi connectivity index (χ0) is 18.9.